The van der Waals surface area contributed by atoms with Crippen molar-refractivity contribution in [3.63, 3.8) is 0 Å². The van der Waals surface area contributed by atoms with E-state index >= 15 is 0 Å². The van der Waals surface area contributed by atoms with Gasteiger partial charge in [0.15, 0.2) is 0 Å². The fraction of sp³-hybridized carbons (Fsp3) is 0.192. The maximum absolute atomic E-state index is 12.0. The first-order valence-electron chi connectivity index (χ1n) is 10.8. The number of aromatic nitrogens is 3. The summed E-state index contributed by atoms with van der Waals surface area (Å²) in [6.45, 7) is 4.92. The van der Waals surface area contributed by atoms with Crippen LogP contribution < -0.4 is 9.47 Å². The summed E-state index contributed by atoms with van der Waals surface area (Å²) < 4.78 is 13.3. The largest absolute Gasteiger partial charge is 0.497 e. The second kappa shape index (κ2) is 8.78. The third-order valence-corrected chi connectivity index (χ3v) is 5.91. The molecule has 7 nitrogen and oxygen atoms in total. The number of rotatable bonds is 6. The van der Waals surface area contributed by atoms with Crippen LogP contribution in [0.4, 0.5) is 0 Å². The van der Waals surface area contributed by atoms with Gasteiger partial charge in [-0.1, -0.05) is 12.6 Å². The van der Waals surface area contributed by atoms with Crippen LogP contribution in [0, 0.1) is 0 Å². The van der Waals surface area contributed by atoms with Crippen LogP contribution in [0.15, 0.2) is 79.6 Å². The van der Waals surface area contributed by atoms with Gasteiger partial charge < -0.3 is 14.4 Å². The van der Waals surface area contributed by atoms with Crippen molar-refractivity contribution in [1.29, 1.82) is 0 Å². The molecule has 0 radical (unpaired) electrons. The Balaban J connectivity index is 1.43. The van der Waals surface area contributed by atoms with Gasteiger partial charge in [0.05, 0.1) is 18.7 Å². The van der Waals surface area contributed by atoms with E-state index in [9.17, 15) is 4.79 Å². The van der Waals surface area contributed by atoms with Crippen LogP contribution >= 0.6 is 0 Å². The highest BCUT2D eigenvalue weighted by atomic mass is 16.5. The second-order valence-electron chi connectivity index (χ2n) is 7.92. The van der Waals surface area contributed by atoms with E-state index in [-0.39, 0.29) is 11.9 Å². The Kier molecular flexibility index (Phi) is 5.52. The number of hydrogen-bond donors (Lipinski definition) is 0. The zero-order valence-electron chi connectivity index (χ0n) is 18.3. The summed E-state index contributed by atoms with van der Waals surface area (Å²) in [5.41, 5.74) is 2.84. The SMILES string of the molecule is C=CC(=O)N1CCC(n2nc(-c3ccc(Oc4cccc(OC)c4)cc3)c3cnccc32)C1. The van der Waals surface area contributed by atoms with Crippen LogP contribution in [0.1, 0.15) is 12.5 Å². The molecule has 0 aliphatic carbocycles. The summed E-state index contributed by atoms with van der Waals surface area (Å²) >= 11 is 0. The lowest BCUT2D eigenvalue weighted by Crippen LogP contribution is -2.27. The Hall–Kier alpha value is -4.13. The van der Waals surface area contributed by atoms with Gasteiger partial charge >= 0.3 is 0 Å². The molecule has 1 fully saturated rings. The normalized spacial score (nSPS) is 15.5. The lowest BCUT2D eigenvalue weighted by atomic mass is 10.1. The third kappa shape index (κ3) is 4.05. The predicted molar refractivity (Wildman–Crippen MR) is 126 cm³/mol. The first kappa shape index (κ1) is 20.8. The van der Waals surface area contributed by atoms with Crippen molar-refractivity contribution < 1.29 is 14.3 Å². The number of hydrogen-bond acceptors (Lipinski definition) is 5. The Morgan fingerprint density at radius 1 is 1.12 bits per heavy atom. The highest BCUT2D eigenvalue weighted by Crippen LogP contribution is 2.33. The molecule has 0 spiro atoms. The predicted octanol–water partition coefficient (Wildman–Crippen LogP) is 4.86. The lowest BCUT2D eigenvalue weighted by Gasteiger charge is -2.15. The Bertz CT molecular complexity index is 1310. The lowest BCUT2D eigenvalue weighted by molar-refractivity contribution is -0.125. The Morgan fingerprint density at radius 3 is 2.73 bits per heavy atom. The fourth-order valence-electron chi connectivity index (χ4n) is 4.23. The molecule has 1 amide bonds. The standard InChI is InChI=1S/C26H24N4O3/c1-3-25(31)29-14-12-19(17-29)30-24-11-13-27-16-23(24)26(28-30)18-7-9-20(10-8-18)33-22-6-4-5-21(15-22)32-2/h3-11,13,15-16,19H,1,12,14,17H2,2H3. The van der Waals surface area contributed by atoms with Gasteiger partial charge in [-0.2, -0.15) is 5.10 Å². The first-order valence-corrected chi connectivity index (χ1v) is 10.8. The molecule has 0 saturated carbocycles. The molecule has 2 aromatic carbocycles. The molecule has 7 heteroatoms. The van der Waals surface area contributed by atoms with Crippen molar-refractivity contribution in [3.05, 3.63) is 79.6 Å². The van der Waals surface area contributed by atoms with Crippen molar-refractivity contribution in [2.45, 2.75) is 12.5 Å². The highest BCUT2D eigenvalue weighted by Gasteiger charge is 2.28. The number of carbonyl (C=O) groups excluding carboxylic acids is 1. The van der Waals surface area contributed by atoms with Gasteiger partial charge in [0.2, 0.25) is 5.91 Å². The molecule has 1 atom stereocenters. The van der Waals surface area contributed by atoms with Crippen molar-refractivity contribution in [1.82, 2.24) is 19.7 Å². The van der Waals surface area contributed by atoms with Crippen LogP contribution in [0.25, 0.3) is 22.2 Å². The topological polar surface area (TPSA) is 69.5 Å². The molecule has 0 N–H and O–H groups in total. The van der Waals surface area contributed by atoms with Crippen LogP contribution in [0.2, 0.25) is 0 Å². The van der Waals surface area contributed by atoms with Crippen LogP contribution in [0.3, 0.4) is 0 Å². The van der Waals surface area contributed by atoms with Crippen molar-refractivity contribution in [2.75, 3.05) is 20.2 Å². The molecular weight excluding hydrogens is 416 g/mol. The second-order valence-corrected chi connectivity index (χ2v) is 7.92. The Morgan fingerprint density at radius 2 is 1.94 bits per heavy atom. The zero-order chi connectivity index (χ0) is 22.8. The molecule has 1 unspecified atom stereocenters. The van der Waals surface area contributed by atoms with E-state index in [4.69, 9.17) is 14.6 Å². The number of ether oxygens (including phenoxy) is 2. The van der Waals surface area contributed by atoms with E-state index in [2.05, 4.69) is 11.6 Å². The molecule has 1 aliphatic heterocycles. The summed E-state index contributed by atoms with van der Waals surface area (Å²) in [6, 6.07) is 17.4. The molecule has 1 aliphatic rings. The molecule has 166 valence electrons. The first-order chi connectivity index (χ1) is 16.2. The number of pyridine rings is 1. The quantitative estimate of drug-likeness (QED) is 0.401. The maximum Gasteiger partial charge on any atom is 0.246 e. The monoisotopic (exact) mass is 440 g/mol. The fourth-order valence-corrected chi connectivity index (χ4v) is 4.23. The molecule has 2 aromatic heterocycles. The smallest absolute Gasteiger partial charge is 0.246 e. The number of amides is 1. The van der Waals surface area contributed by atoms with Gasteiger partial charge in [-0.25, -0.2) is 0 Å². The van der Waals surface area contributed by atoms with Crippen molar-refractivity contribution in [3.8, 4) is 28.5 Å². The van der Waals surface area contributed by atoms with Gasteiger partial charge in [0, 0.05) is 42.5 Å². The van der Waals surface area contributed by atoms with Gasteiger partial charge in [0.1, 0.15) is 22.9 Å². The minimum atomic E-state index is -0.0394. The third-order valence-electron chi connectivity index (χ3n) is 5.91. The highest BCUT2D eigenvalue weighted by molar-refractivity contribution is 5.93. The average molecular weight is 441 g/mol. The number of fused-ring (bicyclic) bond motifs is 1. The average Bonchev–Trinajstić information content (AvgIpc) is 3.49. The molecule has 3 heterocycles. The summed E-state index contributed by atoms with van der Waals surface area (Å²) in [5.74, 6) is 2.14. The summed E-state index contributed by atoms with van der Waals surface area (Å²) in [4.78, 5) is 18.2. The number of carbonyl (C=O) groups is 1. The van der Waals surface area contributed by atoms with E-state index in [1.165, 1.54) is 6.08 Å². The van der Waals surface area contributed by atoms with Crippen LogP contribution in [0.5, 0.6) is 17.2 Å². The zero-order valence-corrected chi connectivity index (χ0v) is 18.3. The Labute approximate surface area is 191 Å². The minimum absolute atomic E-state index is 0.0394. The summed E-state index contributed by atoms with van der Waals surface area (Å²) in [7, 11) is 1.63. The number of nitrogens with zero attached hydrogens (tertiary/aromatic N) is 4. The molecule has 0 bridgehead atoms. The number of methoxy groups -OCH3 is 1. The van der Waals surface area contributed by atoms with Crippen LogP contribution in [-0.2, 0) is 4.79 Å². The molecule has 4 aromatic rings. The molecule has 5 rings (SSSR count). The van der Waals surface area contributed by atoms with Gasteiger partial charge in [-0.3, -0.25) is 14.5 Å². The van der Waals surface area contributed by atoms with E-state index < -0.39 is 0 Å². The minimum Gasteiger partial charge on any atom is -0.497 e. The van der Waals surface area contributed by atoms with E-state index in [1.807, 2.05) is 70.4 Å². The summed E-state index contributed by atoms with van der Waals surface area (Å²) in [5, 5.41) is 5.93. The van der Waals surface area contributed by atoms with Gasteiger partial charge in [0.25, 0.3) is 0 Å². The molecular formula is C26H24N4O3. The number of benzene rings is 2. The van der Waals surface area contributed by atoms with Crippen molar-refractivity contribution >= 4 is 16.8 Å². The van der Waals surface area contributed by atoms with Gasteiger partial charge in [-0.15, -0.1) is 0 Å². The van der Waals surface area contributed by atoms with E-state index in [0.717, 1.165) is 40.1 Å². The molecule has 33 heavy (non-hydrogen) atoms. The van der Waals surface area contributed by atoms with E-state index in [0.29, 0.717) is 18.8 Å². The maximum atomic E-state index is 12.0. The van der Waals surface area contributed by atoms with Crippen molar-refractivity contribution in [2.24, 2.45) is 0 Å². The van der Waals surface area contributed by atoms with Crippen LogP contribution in [-0.4, -0.2) is 45.8 Å². The summed E-state index contributed by atoms with van der Waals surface area (Å²) in [6.07, 6.45) is 5.84. The number of likely N-dealkylation sites (tertiary alicyclic amines) is 1. The molecule has 1 saturated heterocycles. The van der Waals surface area contributed by atoms with Gasteiger partial charge in [-0.05, 0) is 55.0 Å². The van der Waals surface area contributed by atoms with E-state index in [1.54, 1.807) is 13.3 Å².